The summed E-state index contributed by atoms with van der Waals surface area (Å²) in [6.45, 7) is 0. The van der Waals surface area contributed by atoms with Crippen LogP contribution in [-0.2, 0) is 11.2 Å². The molecule has 1 rings (SSSR count). The lowest BCUT2D eigenvalue weighted by Gasteiger charge is -2.02. The van der Waals surface area contributed by atoms with Gasteiger partial charge >= 0.3 is 5.97 Å². The Labute approximate surface area is 72.8 Å². The number of nitrogen functional groups attached to an aromatic ring is 1. The molecule has 70 valence electrons. The van der Waals surface area contributed by atoms with Crippen LogP contribution in [-0.4, -0.2) is 11.1 Å². The van der Waals surface area contributed by atoms with Crippen LogP contribution in [0.5, 0.6) is 0 Å². The van der Waals surface area contributed by atoms with Crippen LogP contribution in [0.3, 0.4) is 0 Å². The predicted molar refractivity (Wildman–Crippen MR) is 42.1 cm³/mol. The van der Waals surface area contributed by atoms with E-state index in [2.05, 4.69) is 0 Å². The molecule has 0 aromatic heterocycles. The Hall–Kier alpha value is -1.65. The van der Waals surface area contributed by atoms with Crippen molar-refractivity contribution < 1.29 is 18.7 Å². The Balaban J connectivity index is 3.10. The number of carbonyl (C=O) groups is 1. The molecule has 1 aromatic carbocycles. The highest BCUT2D eigenvalue weighted by Gasteiger charge is 2.13. The summed E-state index contributed by atoms with van der Waals surface area (Å²) < 4.78 is 25.7. The van der Waals surface area contributed by atoms with Crippen molar-refractivity contribution in [2.24, 2.45) is 0 Å². The highest BCUT2D eigenvalue weighted by atomic mass is 19.2. The third-order valence-electron chi connectivity index (χ3n) is 1.53. The maximum absolute atomic E-state index is 12.9. The average molecular weight is 187 g/mol. The first-order valence-corrected chi connectivity index (χ1v) is 3.46. The fourth-order valence-corrected chi connectivity index (χ4v) is 0.904. The van der Waals surface area contributed by atoms with Crippen molar-refractivity contribution in [3.8, 4) is 0 Å². The molecule has 1 aromatic rings. The van der Waals surface area contributed by atoms with Gasteiger partial charge in [0.05, 0.1) is 12.1 Å². The summed E-state index contributed by atoms with van der Waals surface area (Å²) in [5.74, 6) is -3.61. The minimum Gasteiger partial charge on any atom is -0.481 e. The topological polar surface area (TPSA) is 63.3 Å². The number of halogens is 2. The second-order valence-corrected chi connectivity index (χ2v) is 2.51. The minimum atomic E-state index is -1.22. The van der Waals surface area contributed by atoms with Crippen molar-refractivity contribution in [3.63, 3.8) is 0 Å². The van der Waals surface area contributed by atoms with Crippen LogP contribution in [0.2, 0.25) is 0 Å². The summed E-state index contributed by atoms with van der Waals surface area (Å²) in [6, 6.07) is 2.29. The van der Waals surface area contributed by atoms with Gasteiger partial charge in [-0.25, -0.2) is 8.78 Å². The molecule has 0 saturated heterocycles. The van der Waals surface area contributed by atoms with Gasteiger partial charge in [-0.15, -0.1) is 0 Å². The van der Waals surface area contributed by atoms with Gasteiger partial charge in [0.15, 0.2) is 11.6 Å². The third kappa shape index (κ3) is 1.93. The monoisotopic (exact) mass is 187 g/mol. The lowest BCUT2D eigenvalue weighted by molar-refractivity contribution is -0.136. The SMILES string of the molecule is Nc1ccc(CC(=O)O)c(F)c1F. The van der Waals surface area contributed by atoms with Gasteiger partial charge in [0, 0.05) is 5.56 Å². The van der Waals surface area contributed by atoms with Crippen LogP contribution in [0.4, 0.5) is 14.5 Å². The van der Waals surface area contributed by atoms with Gasteiger partial charge in [0.25, 0.3) is 0 Å². The Morgan fingerprint density at radius 2 is 2.00 bits per heavy atom. The zero-order chi connectivity index (χ0) is 10.0. The number of hydrogen-bond acceptors (Lipinski definition) is 2. The Bertz CT molecular complexity index is 352. The number of benzene rings is 1. The first-order chi connectivity index (χ1) is 6.02. The molecule has 5 heteroatoms. The average Bonchev–Trinajstić information content (AvgIpc) is 2.06. The van der Waals surface area contributed by atoms with Crippen LogP contribution in [0, 0.1) is 11.6 Å². The number of carboxylic acids is 1. The van der Waals surface area contributed by atoms with Crippen molar-refractivity contribution in [2.75, 3.05) is 5.73 Å². The van der Waals surface area contributed by atoms with Crippen LogP contribution < -0.4 is 5.73 Å². The quantitative estimate of drug-likeness (QED) is 0.683. The van der Waals surface area contributed by atoms with Gasteiger partial charge < -0.3 is 10.8 Å². The van der Waals surface area contributed by atoms with Crippen molar-refractivity contribution in [2.45, 2.75) is 6.42 Å². The van der Waals surface area contributed by atoms with Crippen LogP contribution in [0.1, 0.15) is 5.56 Å². The summed E-state index contributed by atoms with van der Waals surface area (Å²) in [4.78, 5) is 10.2. The van der Waals surface area contributed by atoms with Crippen molar-refractivity contribution >= 4 is 11.7 Å². The third-order valence-corrected chi connectivity index (χ3v) is 1.53. The molecule has 0 fully saturated rings. The molecule has 13 heavy (non-hydrogen) atoms. The summed E-state index contributed by atoms with van der Waals surface area (Å²) in [6.07, 6.45) is -0.553. The zero-order valence-corrected chi connectivity index (χ0v) is 6.55. The molecule has 0 radical (unpaired) electrons. The molecule has 0 saturated carbocycles. The van der Waals surface area contributed by atoms with E-state index in [1.807, 2.05) is 0 Å². The molecule has 0 aliphatic carbocycles. The van der Waals surface area contributed by atoms with Gasteiger partial charge in [-0.1, -0.05) is 6.07 Å². The Morgan fingerprint density at radius 3 is 2.54 bits per heavy atom. The second kappa shape index (κ2) is 3.38. The summed E-state index contributed by atoms with van der Waals surface area (Å²) in [7, 11) is 0. The van der Waals surface area contributed by atoms with E-state index in [1.54, 1.807) is 0 Å². The molecule has 0 unspecified atom stereocenters. The molecule has 0 aliphatic rings. The molecule has 0 spiro atoms. The fourth-order valence-electron chi connectivity index (χ4n) is 0.904. The first kappa shape index (κ1) is 9.44. The van der Waals surface area contributed by atoms with Gasteiger partial charge in [-0.05, 0) is 6.07 Å². The van der Waals surface area contributed by atoms with E-state index in [4.69, 9.17) is 10.8 Å². The zero-order valence-electron chi connectivity index (χ0n) is 6.55. The van der Waals surface area contributed by atoms with E-state index in [9.17, 15) is 13.6 Å². The maximum atomic E-state index is 12.9. The molecule has 0 amide bonds. The second-order valence-electron chi connectivity index (χ2n) is 2.51. The largest absolute Gasteiger partial charge is 0.481 e. The lowest BCUT2D eigenvalue weighted by Crippen LogP contribution is -2.05. The van der Waals surface area contributed by atoms with Crippen LogP contribution in [0.25, 0.3) is 0 Å². The Kier molecular flexibility index (Phi) is 2.46. The fraction of sp³-hybridized carbons (Fsp3) is 0.125. The predicted octanol–water partition coefficient (Wildman–Crippen LogP) is 1.17. The maximum Gasteiger partial charge on any atom is 0.307 e. The lowest BCUT2D eigenvalue weighted by atomic mass is 10.1. The molecule has 3 nitrogen and oxygen atoms in total. The van der Waals surface area contributed by atoms with E-state index in [-0.39, 0.29) is 11.3 Å². The van der Waals surface area contributed by atoms with Crippen LogP contribution >= 0.6 is 0 Å². The van der Waals surface area contributed by atoms with E-state index in [0.29, 0.717) is 0 Å². The van der Waals surface area contributed by atoms with Gasteiger partial charge in [-0.3, -0.25) is 4.79 Å². The van der Waals surface area contributed by atoms with Gasteiger partial charge in [0.1, 0.15) is 0 Å². The molecular formula is C8H7F2NO2. The smallest absolute Gasteiger partial charge is 0.307 e. The minimum absolute atomic E-state index is 0.209. The number of hydrogen-bond donors (Lipinski definition) is 2. The number of aliphatic carboxylic acids is 1. The van der Waals surface area contributed by atoms with Gasteiger partial charge in [-0.2, -0.15) is 0 Å². The normalized spacial score (nSPS) is 10.0. The first-order valence-electron chi connectivity index (χ1n) is 3.46. The van der Waals surface area contributed by atoms with Crippen molar-refractivity contribution in [1.29, 1.82) is 0 Å². The number of rotatable bonds is 2. The molecular weight excluding hydrogens is 180 g/mol. The summed E-state index contributed by atoms with van der Waals surface area (Å²) in [5.41, 5.74) is 4.52. The number of carboxylic acid groups (broad SMARTS) is 1. The summed E-state index contributed by atoms with van der Waals surface area (Å²) in [5, 5.41) is 8.33. The molecule has 3 N–H and O–H groups in total. The van der Waals surface area contributed by atoms with Crippen molar-refractivity contribution in [1.82, 2.24) is 0 Å². The summed E-state index contributed by atoms with van der Waals surface area (Å²) >= 11 is 0. The van der Waals surface area contributed by atoms with Gasteiger partial charge in [0.2, 0.25) is 0 Å². The van der Waals surface area contributed by atoms with E-state index >= 15 is 0 Å². The molecule has 0 bridgehead atoms. The van der Waals surface area contributed by atoms with Crippen molar-refractivity contribution in [3.05, 3.63) is 29.3 Å². The Morgan fingerprint density at radius 1 is 1.38 bits per heavy atom. The molecule has 0 aliphatic heterocycles. The molecule has 0 heterocycles. The molecule has 0 atom stereocenters. The van der Waals surface area contributed by atoms with E-state index in [0.717, 1.165) is 12.1 Å². The highest BCUT2D eigenvalue weighted by Crippen LogP contribution is 2.18. The standard InChI is InChI=1S/C8H7F2NO2/c9-7-4(3-6(12)13)1-2-5(11)8(7)10/h1-2H,3,11H2,(H,12,13). The number of anilines is 1. The van der Waals surface area contributed by atoms with Crippen LogP contribution in [0.15, 0.2) is 12.1 Å². The van der Waals surface area contributed by atoms with E-state index in [1.165, 1.54) is 0 Å². The number of nitrogens with two attached hydrogens (primary N) is 1. The highest BCUT2D eigenvalue weighted by molar-refractivity contribution is 5.70. The van der Waals surface area contributed by atoms with E-state index < -0.39 is 24.0 Å².